The smallest absolute Gasteiger partial charge is 0.120 e. The molecule has 1 aliphatic rings. The van der Waals surface area contributed by atoms with Crippen LogP contribution < -0.4 is 4.74 Å². The van der Waals surface area contributed by atoms with Gasteiger partial charge in [-0.3, -0.25) is 0 Å². The molecule has 2 aromatic carbocycles. The molecule has 0 bridgehead atoms. The summed E-state index contributed by atoms with van der Waals surface area (Å²) in [7, 11) is 0. The normalized spacial score (nSPS) is 13.1. The molecule has 0 atom stereocenters. The van der Waals surface area contributed by atoms with Crippen LogP contribution in [0.4, 0.5) is 0 Å². The first-order valence-corrected chi connectivity index (χ1v) is 7.76. The van der Waals surface area contributed by atoms with Crippen molar-refractivity contribution in [2.24, 2.45) is 0 Å². The number of halogens is 2. The van der Waals surface area contributed by atoms with Gasteiger partial charge in [0.2, 0.25) is 0 Å². The summed E-state index contributed by atoms with van der Waals surface area (Å²) in [6.07, 6.45) is 6.62. The van der Waals surface area contributed by atoms with Crippen LogP contribution >= 0.6 is 27.5 Å². The molecule has 102 valence electrons. The van der Waals surface area contributed by atoms with E-state index in [2.05, 4.69) is 40.2 Å². The van der Waals surface area contributed by atoms with Crippen LogP contribution in [0.25, 0.3) is 6.08 Å². The Kier molecular flexibility index (Phi) is 4.13. The Morgan fingerprint density at radius 1 is 1.15 bits per heavy atom. The summed E-state index contributed by atoms with van der Waals surface area (Å²) in [5.74, 6) is 0.891. The highest BCUT2D eigenvalue weighted by Crippen LogP contribution is 2.26. The Morgan fingerprint density at radius 3 is 2.95 bits per heavy atom. The molecule has 2 aromatic rings. The lowest BCUT2D eigenvalue weighted by molar-refractivity contribution is 0.305. The molecule has 1 nitrogen and oxygen atoms in total. The van der Waals surface area contributed by atoms with Gasteiger partial charge in [-0.05, 0) is 54.3 Å². The highest BCUT2D eigenvalue weighted by molar-refractivity contribution is 9.10. The Labute approximate surface area is 132 Å². The number of allylic oxidation sites excluding steroid dienone is 1. The number of aryl methyl sites for hydroxylation is 1. The lowest BCUT2D eigenvalue weighted by atomic mass is 9.97. The molecule has 0 N–H and O–H groups in total. The third-order valence-electron chi connectivity index (χ3n) is 3.40. The minimum absolute atomic E-state index is 0.504. The van der Waals surface area contributed by atoms with E-state index in [9.17, 15) is 0 Å². The van der Waals surface area contributed by atoms with E-state index < -0.39 is 0 Å². The van der Waals surface area contributed by atoms with Crippen LogP contribution in [0.1, 0.15) is 23.1 Å². The van der Waals surface area contributed by atoms with E-state index in [1.54, 1.807) is 0 Å². The van der Waals surface area contributed by atoms with Gasteiger partial charge < -0.3 is 4.74 Å². The largest absolute Gasteiger partial charge is 0.489 e. The van der Waals surface area contributed by atoms with E-state index in [4.69, 9.17) is 16.3 Å². The van der Waals surface area contributed by atoms with Gasteiger partial charge in [-0.25, -0.2) is 0 Å². The molecular formula is C17H14BrClO. The summed E-state index contributed by atoms with van der Waals surface area (Å²) < 4.78 is 6.89. The van der Waals surface area contributed by atoms with E-state index in [0.717, 1.165) is 33.6 Å². The second-order valence-electron chi connectivity index (χ2n) is 4.83. The van der Waals surface area contributed by atoms with Gasteiger partial charge in [0.05, 0.1) is 0 Å². The first-order valence-electron chi connectivity index (χ1n) is 6.58. The average Bonchev–Trinajstić information content (AvgIpc) is 2.48. The zero-order valence-corrected chi connectivity index (χ0v) is 13.2. The van der Waals surface area contributed by atoms with Crippen LogP contribution in [0, 0.1) is 0 Å². The second kappa shape index (κ2) is 6.02. The van der Waals surface area contributed by atoms with E-state index >= 15 is 0 Å². The number of fused-ring (bicyclic) bond motifs is 1. The third kappa shape index (κ3) is 3.08. The summed E-state index contributed by atoms with van der Waals surface area (Å²) in [4.78, 5) is 0. The maximum absolute atomic E-state index is 6.01. The van der Waals surface area contributed by atoms with E-state index in [1.165, 1.54) is 11.1 Å². The van der Waals surface area contributed by atoms with Gasteiger partial charge in [0, 0.05) is 15.1 Å². The Bertz CT molecular complexity index is 664. The van der Waals surface area contributed by atoms with Crippen LogP contribution in [-0.2, 0) is 13.0 Å². The van der Waals surface area contributed by atoms with Crippen molar-refractivity contribution in [3.05, 3.63) is 68.7 Å². The molecule has 0 spiro atoms. The highest BCUT2D eigenvalue weighted by atomic mass is 79.9. The van der Waals surface area contributed by atoms with Gasteiger partial charge in [-0.1, -0.05) is 45.7 Å². The summed E-state index contributed by atoms with van der Waals surface area (Å²) in [6, 6.07) is 12.0. The number of hydrogen-bond donors (Lipinski definition) is 0. The minimum atomic E-state index is 0.504. The number of rotatable bonds is 3. The summed E-state index contributed by atoms with van der Waals surface area (Å²) in [5.41, 5.74) is 3.70. The molecule has 0 aromatic heterocycles. The molecule has 1 aliphatic carbocycles. The lowest BCUT2D eigenvalue weighted by Crippen LogP contribution is -1.99. The van der Waals surface area contributed by atoms with Crippen LogP contribution in [0.2, 0.25) is 5.02 Å². The fraction of sp³-hybridized carbons (Fsp3) is 0.176. The van der Waals surface area contributed by atoms with Crippen molar-refractivity contribution in [3.8, 4) is 5.75 Å². The highest BCUT2D eigenvalue weighted by Gasteiger charge is 2.07. The predicted octanol–water partition coefficient (Wildman–Crippen LogP) is 5.64. The molecular weight excluding hydrogens is 336 g/mol. The quantitative estimate of drug-likeness (QED) is 0.696. The third-order valence-corrected chi connectivity index (χ3v) is 4.41. The molecule has 0 saturated carbocycles. The van der Waals surface area contributed by atoms with E-state index in [1.807, 2.05) is 24.3 Å². The van der Waals surface area contributed by atoms with Crippen molar-refractivity contribution in [1.82, 2.24) is 0 Å². The van der Waals surface area contributed by atoms with Gasteiger partial charge >= 0.3 is 0 Å². The Balaban J connectivity index is 1.76. The first-order chi connectivity index (χ1) is 9.72. The predicted molar refractivity (Wildman–Crippen MR) is 87.3 cm³/mol. The van der Waals surface area contributed by atoms with Gasteiger partial charge in [0.1, 0.15) is 12.4 Å². The van der Waals surface area contributed by atoms with Crippen LogP contribution in [-0.4, -0.2) is 0 Å². The number of benzene rings is 2. The van der Waals surface area contributed by atoms with E-state index in [-0.39, 0.29) is 0 Å². The molecule has 0 heterocycles. The monoisotopic (exact) mass is 348 g/mol. The molecule has 0 saturated heterocycles. The standard InChI is InChI=1S/C17H14BrClO/c18-17-8-6-15(19)9-14(17)11-20-16-7-5-12-3-1-2-4-13(12)10-16/h2,4-10H,1,3,11H2. The van der Waals surface area contributed by atoms with Crippen molar-refractivity contribution in [2.45, 2.75) is 19.4 Å². The fourth-order valence-corrected chi connectivity index (χ4v) is 2.87. The van der Waals surface area contributed by atoms with Gasteiger partial charge in [0.15, 0.2) is 0 Å². The van der Waals surface area contributed by atoms with Crippen molar-refractivity contribution < 1.29 is 4.74 Å². The van der Waals surface area contributed by atoms with Gasteiger partial charge in [-0.15, -0.1) is 0 Å². The fourth-order valence-electron chi connectivity index (χ4n) is 2.31. The number of hydrogen-bond acceptors (Lipinski definition) is 1. The van der Waals surface area contributed by atoms with Crippen molar-refractivity contribution >= 4 is 33.6 Å². The summed E-state index contributed by atoms with van der Waals surface area (Å²) >= 11 is 9.52. The van der Waals surface area contributed by atoms with Crippen LogP contribution in [0.3, 0.4) is 0 Å². The summed E-state index contributed by atoms with van der Waals surface area (Å²) in [5, 5.41) is 0.722. The minimum Gasteiger partial charge on any atom is -0.489 e. The topological polar surface area (TPSA) is 9.23 Å². The van der Waals surface area contributed by atoms with Gasteiger partial charge in [-0.2, -0.15) is 0 Å². The van der Waals surface area contributed by atoms with Gasteiger partial charge in [0.25, 0.3) is 0 Å². The molecule has 3 rings (SSSR count). The molecule has 3 heteroatoms. The van der Waals surface area contributed by atoms with Crippen LogP contribution in [0.15, 0.2) is 46.9 Å². The molecule has 20 heavy (non-hydrogen) atoms. The van der Waals surface area contributed by atoms with Crippen molar-refractivity contribution in [1.29, 1.82) is 0 Å². The Morgan fingerprint density at radius 2 is 2.05 bits per heavy atom. The number of ether oxygens (including phenoxy) is 1. The Hall–Kier alpha value is -1.25. The zero-order valence-electron chi connectivity index (χ0n) is 10.9. The van der Waals surface area contributed by atoms with E-state index in [0.29, 0.717) is 6.61 Å². The zero-order chi connectivity index (χ0) is 13.9. The molecule has 0 fully saturated rings. The molecule has 0 amide bonds. The maximum Gasteiger partial charge on any atom is 0.120 e. The molecule has 0 radical (unpaired) electrons. The lowest BCUT2D eigenvalue weighted by Gasteiger charge is -2.13. The van der Waals surface area contributed by atoms with Crippen LogP contribution in [0.5, 0.6) is 5.75 Å². The summed E-state index contributed by atoms with van der Waals surface area (Å²) in [6.45, 7) is 0.504. The van der Waals surface area contributed by atoms with Crippen molar-refractivity contribution in [2.75, 3.05) is 0 Å². The second-order valence-corrected chi connectivity index (χ2v) is 6.12. The van der Waals surface area contributed by atoms with Crippen molar-refractivity contribution in [3.63, 3.8) is 0 Å². The molecule has 0 unspecified atom stereocenters. The average molecular weight is 350 g/mol. The first kappa shape index (κ1) is 13.7. The molecule has 0 aliphatic heterocycles. The maximum atomic E-state index is 6.01. The SMILES string of the molecule is Clc1ccc(Br)c(COc2ccc3c(c2)C=CCC3)c1.